The molecule has 3 aromatic carbocycles. The molecule has 116 valence electrons. The van der Waals surface area contributed by atoms with E-state index in [9.17, 15) is 0 Å². The van der Waals surface area contributed by atoms with Gasteiger partial charge in [0.15, 0.2) is 0 Å². The van der Waals surface area contributed by atoms with Gasteiger partial charge in [-0.15, -0.1) is 0 Å². The Morgan fingerprint density at radius 2 is 1.42 bits per heavy atom. The zero-order chi connectivity index (χ0) is 16.5. The predicted molar refractivity (Wildman–Crippen MR) is 102 cm³/mol. The average molecular weight is 309 g/mol. The van der Waals surface area contributed by atoms with Crippen molar-refractivity contribution in [1.82, 2.24) is 4.98 Å². The van der Waals surface area contributed by atoms with Crippen LogP contribution in [0.1, 0.15) is 11.1 Å². The topological polar surface area (TPSA) is 12.9 Å². The highest BCUT2D eigenvalue weighted by molar-refractivity contribution is 5.88. The summed E-state index contributed by atoms with van der Waals surface area (Å²) in [5.41, 5.74) is 7.13. The molecule has 0 bridgehead atoms. The maximum Gasteiger partial charge on any atom is 0.0708 e. The Morgan fingerprint density at radius 3 is 2.25 bits per heavy atom. The lowest BCUT2D eigenvalue weighted by Crippen LogP contribution is -1.90. The summed E-state index contributed by atoms with van der Waals surface area (Å²) in [5.74, 6) is 0. The average Bonchev–Trinajstić information content (AvgIpc) is 2.62. The lowest BCUT2D eigenvalue weighted by molar-refractivity contribution is 1.27. The van der Waals surface area contributed by atoms with Gasteiger partial charge in [-0.25, -0.2) is 0 Å². The first-order valence-electron chi connectivity index (χ1n) is 8.23. The number of hydrogen-bond donors (Lipinski definition) is 0. The summed E-state index contributed by atoms with van der Waals surface area (Å²) in [5, 5.41) is 2.56. The Labute approximate surface area is 142 Å². The molecule has 0 unspecified atom stereocenters. The second kappa shape index (κ2) is 5.93. The molecule has 0 aliphatic rings. The van der Waals surface area contributed by atoms with Gasteiger partial charge < -0.3 is 0 Å². The van der Waals surface area contributed by atoms with Crippen LogP contribution in [0.2, 0.25) is 0 Å². The van der Waals surface area contributed by atoms with E-state index in [-0.39, 0.29) is 0 Å². The van der Waals surface area contributed by atoms with Crippen molar-refractivity contribution >= 4 is 10.8 Å². The second-order valence-electron chi connectivity index (χ2n) is 6.32. The van der Waals surface area contributed by atoms with Gasteiger partial charge in [0.1, 0.15) is 0 Å². The van der Waals surface area contributed by atoms with Gasteiger partial charge in [-0.2, -0.15) is 0 Å². The lowest BCUT2D eigenvalue weighted by Gasteiger charge is -2.10. The van der Waals surface area contributed by atoms with Crippen molar-refractivity contribution in [1.29, 1.82) is 0 Å². The van der Waals surface area contributed by atoms with E-state index in [4.69, 9.17) is 0 Å². The Kier molecular flexibility index (Phi) is 3.62. The molecule has 4 rings (SSSR count). The summed E-state index contributed by atoms with van der Waals surface area (Å²) in [6.07, 6.45) is 1.97. The summed E-state index contributed by atoms with van der Waals surface area (Å²) in [4.78, 5) is 4.61. The molecule has 0 N–H and O–H groups in total. The molecule has 4 aromatic rings. The van der Waals surface area contributed by atoms with Crippen LogP contribution in [0.4, 0.5) is 0 Å². The van der Waals surface area contributed by atoms with Crippen LogP contribution in [-0.4, -0.2) is 4.98 Å². The largest absolute Gasteiger partial charge is 0.256 e. The Bertz CT molecular complexity index is 1020. The fourth-order valence-corrected chi connectivity index (χ4v) is 3.13. The van der Waals surface area contributed by atoms with Gasteiger partial charge in [0.25, 0.3) is 0 Å². The van der Waals surface area contributed by atoms with Crippen LogP contribution in [0.25, 0.3) is 33.2 Å². The van der Waals surface area contributed by atoms with Crippen LogP contribution >= 0.6 is 0 Å². The van der Waals surface area contributed by atoms with Gasteiger partial charge in [0.05, 0.1) is 5.69 Å². The van der Waals surface area contributed by atoms with Gasteiger partial charge in [-0.3, -0.25) is 4.98 Å². The fraction of sp³-hybridized carbons (Fsp3) is 0.0870. The zero-order valence-corrected chi connectivity index (χ0v) is 14.0. The third kappa shape index (κ3) is 2.69. The van der Waals surface area contributed by atoms with Crippen LogP contribution in [0.5, 0.6) is 0 Å². The van der Waals surface area contributed by atoms with Crippen molar-refractivity contribution in [3.05, 3.63) is 90.1 Å². The molecule has 1 heteroatoms. The highest BCUT2D eigenvalue weighted by atomic mass is 14.7. The highest BCUT2D eigenvalue weighted by Crippen LogP contribution is 2.30. The molecule has 0 saturated carbocycles. The Morgan fingerprint density at radius 1 is 0.667 bits per heavy atom. The van der Waals surface area contributed by atoms with Gasteiger partial charge in [-0.1, -0.05) is 66.2 Å². The van der Waals surface area contributed by atoms with Crippen LogP contribution in [0, 0.1) is 13.8 Å². The predicted octanol–water partition coefficient (Wildman–Crippen LogP) is 6.19. The number of aryl methyl sites for hydroxylation is 2. The Hall–Kier alpha value is -2.93. The quantitative estimate of drug-likeness (QED) is 0.430. The van der Waals surface area contributed by atoms with Gasteiger partial charge in [-0.05, 0) is 53.4 Å². The van der Waals surface area contributed by atoms with E-state index in [0.29, 0.717) is 0 Å². The van der Waals surface area contributed by atoms with Crippen LogP contribution < -0.4 is 0 Å². The number of fused-ring (bicyclic) bond motifs is 1. The minimum atomic E-state index is 1.01. The van der Waals surface area contributed by atoms with E-state index in [0.717, 1.165) is 11.3 Å². The molecule has 0 atom stereocenters. The zero-order valence-electron chi connectivity index (χ0n) is 14.0. The van der Waals surface area contributed by atoms with Gasteiger partial charge >= 0.3 is 0 Å². The first-order chi connectivity index (χ1) is 11.7. The third-order valence-corrected chi connectivity index (χ3v) is 4.48. The summed E-state index contributed by atoms with van der Waals surface area (Å²) in [6.45, 7) is 4.25. The minimum Gasteiger partial charge on any atom is -0.256 e. The first-order valence-corrected chi connectivity index (χ1v) is 8.23. The van der Waals surface area contributed by atoms with Gasteiger partial charge in [0, 0.05) is 11.8 Å². The molecule has 0 fully saturated rings. The lowest BCUT2D eigenvalue weighted by atomic mass is 9.96. The monoisotopic (exact) mass is 309 g/mol. The molecular formula is C23H19N. The standard InChI is InChI=1S/C23H19N/c1-16-8-9-20-13-21(11-10-19(20)12-16)22-14-23(24-15-17(22)2)18-6-4-3-5-7-18/h3-15H,1-2H3. The third-order valence-electron chi connectivity index (χ3n) is 4.48. The number of nitrogens with zero attached hydrogens (tertiary/aromatic N) is 1. The normalized spacial score (nSPS) is 10.9. The first kappa shape index (κ1) is 14.6. The molecule has 1 nitrogen and oxygen atoms in total. The maximum atomic E-state index is 4.61. The van der Waals surface area contributed by atoms with E-state index in [2.05, 4.69) is 85.6 Å². The van der Waals surface area contributed by atoms with Crippen molar-refractivity contribution in [2.45, 2.75) is 13.8 Å². The molecule has 0 saturated heterocycles. The summed E-state index contributed by atoms with van der Waals surface area (Å²) >= 11 is 0. The van der Waals surface area contributed by atoms with Crippen molar-refractivity contribution in [3.8, 4) is 22.4 Å². The fourth-order valence-electron chi connectivity index (χ4n) is 3.13. The molecular weight excluding hydrogens is 290 g/mol. The second-order valence-corrected chi connectivity index (χ2v) is 6.32. The Balaban J connectivity index is 1.85. The summed E-state index contributed by atoms with van der Waals surface area (Å²) < 4.78 is 0. The molecule has 1 aromatic heterocycles. The molecule has 0 aliphatic carbocycles. The van der Waals surface area contributed by atoms with Crippen molar-refractivity contribution in [2.75, 3.05) is 0 Å². The van der Waals surface area contributed by atoms with E-state index < -0.39 is 0 Å². The maximum absolute atomic E-state index is 4.61. The number of hydrogen-bond acceptors (Lipinski definition) is 1. The van der Waals surface area contributed by atoms with Crippen molar-refractivity contribution in [2.24, 2.45) is 0 Å². The van der Waals surface area contributed by atoms with Crippen LogP contribution in [-0.2, 0) is 0 Å². The SMILES string of the molecule is Cc1ccc2cc(-c3cc(-c4ccccc4)ncc3C)ccc2c1. The number of rotatable bonds is 2. The van der Waals surface area contributed by atoms with Crippen LogP contribution in [0.15, 0.2) is 79.0 Å². The van der Waals surface area contributed by atoms with E-state index in [1.807, 2.05) is 12.3 Å². The van der Waals surface area contributed by atoms with E-state index >= 15 is 0 Å². The minimum absolute atomic E-state index is 1.01. The molecule has 0 aliphatic heterocycles. The molecule has 24 heavy (non-hydrogen) atoms. The van der Waals surface area contributed by atoms with Crippen molar-refractivity contribution < 1.29 is 0 Å². The summed E-state index contributed by atoms with van der Waals surface area (Å²) in [7, 11) is 0. The smallest absolute Gasteiger partial charge is 0.0708 e. The van der Waals surface area contributed by atoms with E-state index in [1.165, 1.54) is 33.0 Å². The van der Waals surface area contributed by atoms with Crippen molar-refractivity contribution in [3.63, 3.8) is 0 Å². The highest BCUT2D eigenvalue weighted by Gasteiger charge is 2.07. The van der Waals surface area contributed by atoms with Crippen LogP contribution in [0.3, 0.4) is 0 Å². The summed E-state index contributed by atoms with van der Waals surface area (Å²) in [6, 6.07) is 25.8. The molecule has 0 radical (unpaired) electrons. The number of pyridine rings is 1. The molecule has 1 heterocycles. The molecule has 0 amide bonds. The van der Waals surface area contributed by atoms with E-state index in [1.54, 1.807) is 0 Å². The van der Waals surface area contributed by atoms with Gasteiger partial charge in [0.2, 0.25) is 0 Å². The number of benzene rings is 3. The number of aromatic nitrogens is 1. The molecule has 0 spiro atoms.